The topological polar surface area (TPSA) is 101 Å². The van der Waals surface area contributed by atoms with E-state index in [2.05, 4.69) is 0 Å². The quantitative estimate of drug-likeness (QED) is 0.451. The Kier molecular flexibility index (Phi) is 7.20. The van der Waals surface area contributed by atoms with Crippen molar-refractivity contribution in [1.29, 1.82) is 0 Å². The van der Waals surface area contributed by atoms with Crippen LogP contribution in [0.4, 0.5) is 0 Å². The molecule has 0 aromatic heterocycles. The highest BCUT2D eigenvalue weighted by atomic mass is 32.2. The van der Waals surface area contributed by atoms with Crippen LogP contribution in [0, 0.1) is 6.92 Å². The van der Waals surface area contributed by atoms with Crippen molar-refractivity contribution in [2.45, 2.75) is 31.1 Å². The van der Waals surface area contributed by atoms with Crippen LogP contribution in [0.3, 0.4) is 0 Å². The fraction of sp³-hybridized carbons (Fsp3) is 0.240. The number of benzene rings is 3. The molecule has 0 amide bonds. The molecule has 1 atom stereocenters. The van der Waals surface area contributed by atoms with Gasteiger partial charge in [0.05, 0.1) is 17.3 Å². The molecule has 7 heteroatoms. The summed E-state index contributed by atoms with van der Waals surface area (Å²) < 4.78 is 30.5. The van der Waals surface area contributed by atoms with Gasteiger partial charge in [0.1, 0.15) is 17.1 Å². The number of rotatable bonds is 9. The predicted molar refractivity (Wildman–Crippen MR) is 122 cm³/mol. The van der Waals surface area contributed by atoms with Gasteiger partial charge in [-0.1, -0.05) is 42.8 Å². The Labute approximate surface area is 188 Å². The first kappa shape index (κ1) is 23.3. The first-order chi connectivity index (χ1) is 15.2. The summed E-state index contributed by atoms with van der Waals surface area (Å²) in [5.74, 6) is -0.878. The van der Waals surface area contributed by atoms with Gasteiger partial charge in [-0.05, 0) is 60.9 Å². The van der Waals surface area contributed by atoms with E-state index < -0.39 is 15.8 Å². The molecule has 1 unspecified atom stereocenters. The van der Waals surface area contributed by atoms with Crippen molar-refractivity contribution in [3.8, 4) is 11.5 Å². The van der Waals surface area contributed by atoms with Crippen molar-refractivity contribution in [2.24, 2.45) is 0 Å². The molecule has 3 aromatic rings. The number of phenols is 1. The van der Waals surface area contributed by atoms with Crippen LogP contribution >= 0.6 is 0 Å². The summed E-state index contributed by atoms with van der Waals surface area (Å²) in [5, 5.41) is 18.9. The highest BCUT2D eigenvalue weighted by molar-refractivity contribution is 7.91. The normalized spacial score (nSPS) is 12.3. The van der Waals surface area contributed by atoms with Crippen LogP contribution in [0.15, 0.2) is 71.6 Å². The average Bonchev–Trinajstić information content (AvgIpc) is 2.77. The number of hydrogen-bond donors (Lipinski definition) is 2. The molecule has 0 bridgehead atoms. The van der Waals surface area contributed by atoms with Crippen LogP contribution in [0.1, 0.15) is 46.3 Å². The third-order valence-electron chi connectivity index (χ3n) is 5.34. The van der Waals surface area contributed by atoms with Crippen molar-refractivity contribution in [3.63, 3.8) is 0 Å². The summed E-state index contributed by atoms with van der Waals surface area (Å²) in [6.45, 7) is 4.14. The molecule has 168 valence electrons. The second-order valence-corrected chi connectivity index (χ2v) is 9.82. The van der Waals surface area contributed by atoms with Gasteiger partial charge in [-0.3, -0.25) is 0 Å². The minimum absolute atomic E-state index is 0.0118. The lowest BCUT2D eigenvalue weighted by Crippen LogP contribution is -2.10. The summed E-state index contributed by atoms with van der Waals surface area (Å²) in [6.07, 6.45) is 0.375. The largest absolute Gasteiger partial charge is 0.507 e. The second kappa shape index (κ2) is 9.87. The van der Waals surface area contributed by atoms with Crippen LogP contribution in [-0.2, 0) is 9.84 Å². The molecule has 0 fully saturated rings. The molecule has 3 aromatic carbocycles. The van der Waals surface area contributed by atoms with E-state index >= 15 is 0 Å². The van der Waals surface area contributed by atoms with Crippen molar-refractivity contribution in [1.82, 2.24) is 0 Å². The van der Waals surface area contributed by atoms with Crippen LogP contribution in [0.2, 0.25) is 0 Å². The Bertz CT molecular complexity index is 1180. The van der Waals surface area contributed by atoms with Crippen LogP contribution < -0.4 is 4.74 Å². The zero-order chi connectivity index (χ0) is 23.3. The van der Waals surface area contributed by atoms with Crippen molar-refractivity contribution in [3.05, 3.63) is 89.0 Å². The van der Waals surface area contributed by atoms with Gasteiger partial charge in [0.2, 0.25) is 0 Å². The average molecular weight is 455 g/mol. The van der Waals surface area contributed by atoms with Crippen LogP contribution in [-0.4, -0.2) is 37.0 Å². The molecule has 0 saturated heterocycles. The highest BCUT2D eigenvalue weighted by Crippen LogP contribution is 2.29. The monoisotopic (exact) mass is 454 g/mol. The van der Waals surface area contributed by atoms with Gasteiger partial charge in [0.15, 0.2) is 9.84 Å². The third-order valence-corrected chi connectivity index (χ3v) is 7.15. The number of sulfone groups is 1. The Hall–Kier alpha value is -3.32. The SMILES string of the molecule is Cc1ccc(S(=O)(=O)CCCOc2ccc(C(C)c3ccc(O)c(C(=O)O)c3)cc2)cc1. The van der Waals surface area contributed by atoms with Gasteiger partial charge in [-0.2, -0.15) is 0 Å². The first-order valence-corrected chi connectivity index (χ1v) is 11.9. The summed E-state index contributed by atoms with van der Waals surface area (Å²) >= 11 is 0. The van der Waals surface area contributed by atoms with Gasteiger partial charge in [-0.25, -0.2) is 13.2 Å². The molecular weight excluding hydrogens is 428 g/mol. The number of aromatic carboxylic acids is 1. The van der Waals surface area contributed by atoms with E-state index in [4.69, 9.17) is 4.74 Å². The van der Waals surface area contributed by atoms with E-state index in [9.17, 15) is 23.4 Å². The number of carboxylic acid groups (broad SMARTS) is 1. The molecule has 2 N–H and O–H groups in total. The number of carbonyl (C=O) groups is 1. The molecule has 0 heterocycles. The summed E-state index contributed by atoms with van der Waals surface area (Å²) in [4.78, 5) is 11.6. The van der Waals surface area contributed by atoms with E-state index in [1.807, 2.05) is 26.0 Å². The minimum Gasteiger partial charge on any atom is -0.507 e. The number of ether oxygens (including phenoxy) is 1. The Balaban J connectivity index is 1.56. The number of carboxylic acids is 1. The zero-order valence-electron chi connectivity index (χ0n) is 18.0. The number of aryl methyl sites for hydroxylation is 1. The van der Waals surface area contributed by atoms with Gasteiger partial charge in [-0.15, -0.1) is 0 Å². The van der Waals surface area contributed by atoms with E-state index in [1.54, 1.807) is 42.5 Å². The highest BCUT2D eigenvalue weighted by Gasteiger charge is 2.16. The molecule has 3 rings (SSSR count). The van der Waals surface area contributed by atoms with Crippen LogP contribution in [0.5, 0.6) is 11.5 Å². The fourth-order valence-corrected chi connectivity index (χ4v) is 4.63. The molecule has 0 saturated carbocycles. The zero-order valence-corrected chi connectivity index (χ0v) is 18.8. The predicted octanol–water partition coefficient (Wildman–Crippen LogP) is 4.79. The lowest BCUT2D eigenvalue weighted by molar-refractivity contribution is 0.0693. The van der Waals surface area contributed by atoms with E-state index in [-0.39, 0.29) is 29.6 Å². The standard InChI is InChI=1S/C25H26O6S/c1-17-4-11-22(12-5-17)32(29,30)15-3-14-31-21-9-6-19(7-10-21)18(2)20-8-13-24(26)23(16-20)25(27)28/h4-13,16,18,26H,3,14-15H2,1-2H3,(H,27,28). The molecule has 0 radical (unpaired) electrons. The van der Waals surface area contributed by atoms with E-state index in [0.29, 0.717) is 17.1 Å². The maximum absolute atomic E-state index is 12.4. The Morgan fingerprint density at radius 2 is 1.59 bits per heavy atom. The smallest absolute Gasteiger partial charge is 0.339 e. The second-order valence-electron chi connectivity index (χ2n) is 7.71. The summed E-state index contributed by atoms with van der Waals surface area (Å²) in [5.41, 5.74) is 2.61. The number of aromatic hydroxyl groups is 1. The molecule has 0 aliphatic heterocycles. The Morgan fingerprint density at radius 1 is 0.969 bits per heavy atom. The van der Waals surface area contributed by atoms with Crippen molar-refractivity contribution >= 4 is 15.8 Å². The first-order valence-electron chi connectivity index (χ1n) is 10.3. The molecule has 32 heavy (non-hydrogen) atoms. The minimum atomic E-state index is -3.33. The summed E-state index contributed by atoms with van der Waals surface area (Å²) in [7, 11) is -3.33. The molecule has 0 aliphatic rings. The van der Waals surface area contributed by atoms with Gasteiger partial charge < -0.3 is 14.9 Å². The van der Waals surface area contributed by atoms with E-state index in [0.717, 1.165) is 16.7 Å². The maximum atomic E-state index is 12.4. The lowest BCUT2D eigenvalue weighted by Gasteiger charge is -2.15. The van der Waals surface area contributed by atoms with Crippen molar-refractivity contribution < 1.29 is 28.2 Å². The third kappa shape index (κ3) is 5.68. The van der Waals surface area contributed by atoms with Crippen LogP contribution in [0.25, 0.3) is 0 Å². The summed E-state index contributed by atoms with van der Waals surface area (Å²) in [6, 6.07) is 18.8. The fourth-order valence-electron chi connectivity index (χ4n) is 3.34. The molecular formula is C25H26O6S. The van der Waals surface area contributed by atoms with E-state index in [1.165, 1.54) is 12.1 Å². The number of hydrogen-bond acceptors (Lipinski definition) is 5. The lowest BCUT2D eigenvalue weighted by atomic mass is 9.92. The molecule has 0 spiro atoms. The molecule has 0 aliphatic carbocycles. The van der Waals surface area contributed by atoms with Gasteiger partial charge in [0, 0.05) is 5.92 Å². The van der Waals surface area contributed by atoms with Gasteiger partial charge in [0.25, 0.3) is 0 Å². The van der Waals surface area contributed by atoms with Gasteiger partial charge >= 0.3 is 5.97 Å². The van der Waals surface area contributed by atoms with Crippen molar-refractivity contribution in [2.75, 3.05) is 12.4 Å². The Morgan fingerprint density at radius 3 is 2.22 bits per heavy atom. The molecule has 6 nitrogen and oxygen atoms in total. The maximum Gasteiger partial charge on any atom is 0.339 e.